The van der Waals surface area contributed by atoms with Crippen LogP contribution in [0.2, 0.25) is 0 Å². The first-order chi connectivity index (χ1) is 17.3. The monoisotopic (exact) mass is 482 g/mol. The molecule has 7 nitrogen and oxygen atoms in total. The van der Waals surface area contributed by atoms with E-state index in [-0.39, 0.29) is 18.1 Å². The van der Waals surface area contributed by atoms with Gasteiger partial charge in [0, 0.05) is 29.9 Å². The zero-order valence-corrected chi connectivity index (χ0v) is 21.1. The van der Waals surface area contributed by atoms with Crippen LogP contribution in [0.1, 0.15) is 41.8 Å². The normalized spacial score (nSPS) is 15.5. The molecule has 0 aliphatic carbocycles. The van der Waals surface area contributed by atoms with Crippen molar-refractivity contribution in [2.45, 2.75) is 52.8 Å². The van der Waals surface area contributed by atoms with E-state index in [2.05, 4.69) is 56.5 Å². The summed E-state index contributed by atoms with van der Waals surface area (Å²) in [5.74, 6) is 2.27. The fourth-order valence-electron chi connectivity index (χ4n) is 5.26. The molecule has 1 amide bonds. The Labute approximate surface area is 210 Å². The van der Waals surface area contributed by atoms with E-state index in [1.165, 1.54) is 5.56 Å². The first-order valence-electron chi connectivity index (χ1n) is 12.3. The number of fused-ring (bicyclic) bond motifs is 2. The summed E-state index contributed by atoms with van der Waals surface area (Å²) in [6.45, 7) is 9.22. The molecule has 0 N–H and O–H groups in total. The Balaban J connectivity index is 1.24. The van der Waals surface area contributed by atoms with Crippen LogP contribution in [-0.4, -0.2) is 37.4 Å². The van der Waals surface area contributed by atoms with Gasteiger partial charge >= 0.3 is 0 Å². The van der Waals surface area contributed by atoms with Crippen molar-refractivity contribution in [1.29, 1.82) is 0 Å². The number of aryl methyl sites for hydroxylation is 2. The van der Waals surface area contributed by atoms with E-state index in [0.29, 0.717) is 18.8 Å². The summed E-state index contributed by atoms with van der Waals surface area (Å²) in [4.78, 5) is 15.0. The number of aromatic nitrogens is 3. The average Bonchev–Trinajstić information content (AvgIpc) is 3.59. The lowest BCUT2D eigenvalue weighted by Gasteiger charge is -2.20. The van der Waals surface area contributed by atoms with Crippen molar-refractivity contribution < 1.29 is 14.3 Å². The lowest BCUT2D eigenvalue weighted by atomic mass is 10.0. The van der Waals surface area contributed by atoms with Crippen molar-refractivity contribution in [2.75, 3.05) is 6.61 Å². The number of benzene rings is 2. The largest absolute Gasteiger partial charge is 0.483 e. The van der Waals surface area contributed by atoms with Crippen molar-refractivity contribution in [1.82, 2.24) is 19.2 Å². The van der Waals surface area contributed by atoms with Gasteiger partial charge in [0.05, 0.1) is 24.5 Å². The highest BCUT2D eigenvalue weighted by molar-refractivity contribution is 5.79. The van der Waals surface area contributed by atoms with Crippen molar-refractivity contribution >= 4 is 5.91 Å². The quantitative estimate of drug-likeness (QED) is 0.405. The van der Waals surface area contributed by atoms with E-state index in [9.17, 15) is 4.79 Å². The highest BCUT2D eigenvalue weighted by Crippen LogP contribution is 2.42. The molecule has 2 aromatic heterocycles. The SMILES string of the molecule is Cc1ccc(-n2nc3c(c2-n2cccc2)CN(C(=O)COc2cccc4c2OC(C)(C)C4)C3)c(C)c1. The molecule has 2 aromatic carbocycles. The molecule has 0 spiro atoms. The number of carbonyl (C=O) groups excluding carboxylic acids is 1. The Morgan fingerprint density at radius 2 is 1.89 bits per heavy atom. The number of hydrogen-bond donors (Lipinski definition) is 0. The Bertz CT molecular complexity index is 1470. The maximum absolute atomic E-state index is 13.2. The van der Waals surface area contributed by atoms with Crippen LogP contribution in [0.3, 0.4) is 0 Å². The van der Waals surface area contributed by atoms with Crippen molar-refractivity contribution in [3.05, 3.63) is 88.9 Å². The van der Waals surface area contributed by atoms with E-state index in [0.717, 1.165) is 46.1 Å². The molecule has 7 heteroatoms. The summed E-state index contributed by atoms with van der Waals surface area (Å²) in [7, 11) is 0. The van der Waals surface area contributed by atoms with Crippen LogP contribution in [0.25, 0.3) is 11.5 Å². The van der Waals surface area contributed by atoms with Gasteiger partial charge in [-0.05, 0) is 57.5 Å². The summed E-state index contributed by atoms with van der Waals surface area (Å²) in [5, 5.41) is 4.96. The highest BCUT2D eigenvalue weighted by Gasteiger charge is 2.34. The topological polar surface area (TPSA) is 61.5 Å². The fraction of sp³-hybridized carbons (Fsp3) is 0.310. The van der Waals surface area contributed by atoms with Gasteiger partial charge in [0.15, 0.2) is 18.1 Å². The van der Waals surface area contributed by atoms with Gasteiger partial charge in [-0.3, -0.25) is 4.79 Å². The van der Waals surface area contributed by atoms with E-state index in [4.69, 9.17) is 14.6 Å². The van der Waals surface area contributed by atoms with E-state index in [1.54, 1.807) is 0 Å². The van der Waals surface area contributed by atoms with Crippen LogP contribution < -0.4 is 9.47 Å². The van der Waals surface area contributed by atoms with Gasteiger partial charge in [0.1, 0.15) is 11.4 Å². The van der Waals surface area contributed by atoms with Crippen LogP contribution in [0.5, 0.6) is 11.5 Å². The maximum Gasteiger partial charge on any atom is 0.261 e. The summed E-state index contributed by atoms with van der Waals surface area (Å²) in [6.07, 6.45) is 4.86. The second kappa shape index (κ2) is 8.29. The molecule has 0 radical (unpaired) electrons. The highest BCUT2D eigenvalue weighted by atomic mass is 16.5. The van der Waals surface area contributed by atoms with Crippen molar-refractivity contribution in [2.24, 2.45) is 0 Å². The number of rotatable bonds is 5. The minimum absolute atomic E-state index is 0.0412. The molecule has 0 bridgehead atoms. The lowest BCUT2D eigenvalue weighted by molar-refractivity contribution is -0.134. The molecular formula is C29H30N4O3. The molecule has 0 atom stereocenters. The van der Waals surface area contributed by atoms with E-state index in [1.807, 2.05) is 46.2 Å². The molecule has 2 aliphatic rings. The maximum atomic E-state index is 13.2. The predicted octanol–water partition coefficient (Wildman–Crippen LogP) is 4.91. The number of ether oxygens (including phenoxy) is 2. The van der Waals surface area contributed by atoms with E-state index >= 15 is 0 Å². The van der Waals surface area contributed by atoms with Crippen LogP contribution in [0, 0.1) is 13.8 Å². The van der Waals surface area contributed by atoms with E-state index < -0.39 is 0 Å². The fourth-order valence-corrected chi connectivity index (χ4v) is 5.26. The predicted molar refractivity (Wildman–Crippen MR) is 137 cm³/mol. The summed E-state index contributed by atoms with van der Waals surface area (Å²) < 4.78 is 16.1. The average molecular weight is 483 g/mol. The van der Waals surface area contributed by atoms with Crippen LogP contribution in [0.15, 0.2) is 60.9 Å². The molecule has 4 heterocycles. The molecule has 0 unspecified atom stereocenters. The number of nitrogens with zero attached hydrogens (tertiary/aromatic N) is 4. The van der Waals surface area contributed by atoms with Gasteiger partial charge < -0.3 is 18.9 Å². The van der Waals surface area contributed by atoms with Crippen LogP contribution >= 0.6 is 0 Å². The third kappa shape index (κ3) is 3.85. The minimum atomic E-state index is -0.265. The summed E-state index contributed by atoms with van der Waals surface area (Å²) in [5.41, 5.74) is 6.24. The van der Waals surface area contributed by atoms with Crippen molar-refractivity contribution in [3.8, 4) is 23.0 Å². The van der Waals surface area contributed by atoms with Gasteiger partial charge in [-0.15, -0.1) is 0 Å². The van der Waals surface area contributed by atoms with Crippen LogP contribution in [-0.2, 0) is 24.3 Å². The summed E-state index contributed by atoms with van der Waals surface area (Å²) in [6, 6.07) is 16.2. The van der Waals surface area contributed by atoms with Crippen molar-refractivity contribution in [3.63, 3.8) is 0 Å². The summed E-state index contributed by atoms with van der Waals surface area (Å²) >= 11 is 0. The van der Waals surface area contributed by atoms with Gasteiger partial charge in [-0.2, -0.15) is 5.10 Å². The molecule has 0 saturated carbocycles. The van der Waals surface area contributed by atoms with Gasteiger partial charge in [0.25, 0.3) is 5.91 Å². The molecule has 6 rings (SSSR count). The van der Waals surface area contributed by atoms with Crippen LogP contribution in [0.4, 0.5) is 0 Å². The third-order valence-electron chi connectivity index (χ3n) is 6.92. The third-order valence-corrected chi connectivity index (χ3v) is 6.92. The molecule has 0 fully saturated rings. The first kappa shape index (κ1) is 22.5. The second-order valence-electron chi connectivity index (χ2n) is 10.4. The van der Waals surface area contributed by atoms with Gasteiger partial charge in [-0.25, -0.2) is 4.68 Å². The second-order valence-corrected chi connectivity index (χ2v) is 10.4. The van der Waals surface area contributed by atoms with Gasteiger partial charge in [-0.1, -0.05) is 29.8 Å². The molecule has 4 aromatic rings. The smallest absolute Gasteiger partial charge is 0.261 e. The zero-order chi connectivity index (χ0) is 25.0. The number of hydrogen-bond acceptors (Lipinski definition) is 4. The Morgan fingerprint density at radius 1 is 1.08 bits per heavy atom. The molecule has 2 aliphatic heterocycles. The molecule has 184 valence electrons. The zero-order valence-electron chi connectivity index (χ0n) is 21.1. The molecule has 0 saturated heterocycles. The standard InChI is InChI=1S/C29H30N4O3/c1-19-10-11-24(20(2)14-19)33-28(31-12-5-6-13-31)22-16-32(17-23(22)30-33)26(34)18-35-25-9-7-8-21-15-29(3,4)36-27(21)25/h5-14H,15-18H2,1-4H3. The minimum Gasteiger partial charge on any atom is -0.483 e. The Morgan fingerprint density at radius 3 is 2.67 bits per heavy atom. The molecular weight excluding hydrogens is 452 g/mol. The number of carbonyl (C=O) groups is 1. The molecule has 36 heavy (non-hydrogen) atoms. The number of amides is 1. The van der Waals surface area contributed by atoms with Gasteiger partial charge in [0.2, 0.25) is 0 Å². The Kier molecular flexibility index (Phi) is 5.18. The first-order valence-corrected chi connectivity index (χ1v) is 12.3. The Hall–Kier alpha value is -4.00. The number of para-hydroxylation sites is 1. The lowest BCUT2D eigenvalue weighted by Crippen LogP contribution is -2.31.